The molecule has 0 spiro atoms. The topological polar surface area (TPSA) is 81.8 Å². The van der Waals surface area contributed by atoms with E-state index in [0.717, 1.165) is 6.07 Å². The van der Waals surface area contributed by atoms with E-state index in [9.17, 15) is 19.6 Å². The van der Waals surface area contributed by atoms with E-state index in [1.165, 1.54) is 19.2 Å². The fourth-order valence-corrected chi connectivity index (χ4v) is 2.94. The summed E-state index contributed by atoms with van der Waals surface area (Å²) in [6.45, 7) is 9.76. The molecule has 0 amide bonds. The third kappa shape index (κ3) is 4.75. The molecule has 0 saturated carbocycles. The lowest BCUT2D eigenvalue weighted by atomic mass is 10.0. The first-order valence-corrected chi connectivity index (χ1v) is 10.6. The first-order valence-electron chi connectivity index (χ1n) is 7.69. The third-order valence-electron chi connectivity index (χ3n) is 4.57. The van der Waals surface area contributed by atoms with Crippen LogP contribution in [0.2, 0.25) is 18.1 Å². The summed E-state index contributed by atoms with van der Waals surface area (Å²) in [5, 5.41) is 21.7. The van der Waals surface area contributed by atoms with Crippen LogP contribution >= 0.6 is 0 Å². The van der Waals surface area contributed by atoms with Gasteiger partial charge in [-0.3, -0.25) is 10.1 Å². The zero-order valence-corrected chi connectivity index (χ0v) is 16.0. The summed E-state index contributed by atoms with van der Waals surface area (Å²) < 4.78 is 24.4. The van der Waals surface area contributed by atoms with Crippen LogP contribution in [0.1, 0.15) is 32.4 Å². The van der Waals surface area contributed by atoms with Gasteiger partial charge in [0.1, 0.15) is 18.2 Å². The number of nitro groups is 1. The van der Waals surface area contributed by atoms with Gasteiger partial charge in [0.2, 0.25) is 0 Å². The highest BCUT2D eigenvalue weighted by Gasteiger charge is 2.41. The molecule has 0 saturated heterocycles. The normalized spacial score (nSPS) is 15.0. The number of hydrogen-bond acceptors (Lipinski definition) is 5. The second-order valence-corrected chi connectivity index (χ2v) is 12.1. The minimum Gasteiger partial charge on any atom is -0.496 e. The number of aliphatic hydroxyl groups excluding tert-OH is 1. The average molecular weight is 359 g/mol. The zero-order valence-electron chi connectivity index (χ0n) is 15.0. The lowest BCUT2D eigenvalue weighted by Gasteiger charge is -2.36. The van der Waals surface area contributed by atoms with Crippen molar-refractivity contribution in [2.24, 2.45) is 0 Å². The molecule has 0 bridgehead atoms. The van der Waals surface area contributed by atoms with E-state index in [4.69, 9.17) is 9.16 Å². The van der Waals surface area contributed by atoms with Crippen molar-refractivity contribution in [2.75, 3.05) is 13.7 Å². The van der Waals surface area contributed by atoms with Crippen LogP contribution in [0.15, 0.2) is 18.2 Å². The highest BCUT2D eigenvalue weighted by atomic mass is 28.4. The summed E-state index contributed by atoms with van der Waals surface area (Å²) in [5.74, 6) is -0.402. The molecule has 0 unspecified atom stereocenters. The van der Waals surface area contributed by atoms with Crippen molar-refractivity contribution in [3.8, 4) is 5.75 Å². The molecular formula is C16H26FNO5Si. The summed E-state index contributed by atoms with van der Waals surface area (Å²) in [7, 11) is -0.856. The van der Waals surface area contributed by atoms with Gasteiger partial charge in [-0.05, 0) is 36.3 Å². The van der Waals surface area contributed by atoms with Crippen LogP contribution in [-0.2, 0) is 4.43 Å². The molecule has 0 aliphatic heterocycles. The van der Waals surface area contributed by atoms with Crippen molar-refractivity contribution in [2.45, 2.75) is 51.0 Å². The Bertz CT molecular complexity index is 588. The molecule has 0 heterocycles. The SMILES string of the molecule is COc1ccc(F)cc1[C@H](O)[C@@H](CO[Si](C)(C)C(C)(C)C)[N+](=O)[O-]. The van der Waals surface area contributed by atoms with E-state index in [0.29, 0.717) is 0 Å². The van der Waals surface area contributed by atoms with E-state index in [1.807, 2.05) is 33.9 Å². The highest BCUT2D eigenvalue weighted by molar-refractivity contribution is 6.74. The smallest absolute Gasteiger partial charge is 0.264 e. The van der Waals surface area contributed by atoms with Crippen molar-refractivity contribution in [1.82, 2.24) is 0 Å². The fourth-order valence-electron chi connectivity index (χ4n) is 1.92. The maximum atomic E-state index is 13.5. The van der Waals surface area contributed by atoms with Gasteiger partial charge in [0.05, 0.1) is 7.11 Å². The van der Waals surface area contributed by atoms with Crippen LogP contribution in [0, 0.1) is 15.9 Å². The van der Waals surface area contributed by atoms with Crippen molar-refractivity contribution >= 4 is 8.32 Å². The molecule has 0 fully saturated rings. The number of benzene rings is 1. The Labute approximate surface area is 142 Å². The van der Waals surface area contributed by atoms with Crippen LogP contribution in [0.5, 0.6) is 5.75 Å². The summed E-state index contributed by atoms with van der Waals surface area (Å²) in [6.07, 6.45) is -1.53. The average Bonchev–Trinajstić information content (AvgIpc) is 2.45. The maximum Gasteiger partial charge on any atom is 0.264 e. The third-order valence-corrected chi connectivity index (χ3v) is 9.07. The zero-order chi connectivity index (χ0) is 18.7. The number of nitrogens with zero attached hydrogens (tertiary/aromatic N) is 1. The Morgan fingerprint density at radius 1 is 1.38 bits per heavy atom. The van der Waals surface area contributed by atoms with Crippen LogP contribution in [0.4, 0.5) is 4.39 Å². The molecule has 0 aromatic heterocycles. The molecule has 1 aromatic rings. The number of methoxy groups -OCH3 is 1. The van der Waals surface area contributed by atoms with Crippen LogP contribution < -0.4 is 4.74 Å². The summed E-state index contributed by atoms with van der Waals surface area (Å²) in [4.78, 5) is 10.8. The van der Waals surface area contributed by atoms with Gasteiger partial charge in [0, 0.05) is 10.5 Å². The van der Waals surface area contributed by atoms with Crippen molar-refractivity contribution in [3.63, 3.8) is 0 Å². The number of aliphatic hydroxyl groups is 1. The van der Waals surface area contributed by atoms with E-state index in [2.05, 4.69) is 0 Å². The number of hydrogen-bond donors (Lipinski definition) is 1. The molecule has 0 aliphatic carbocycles. The van der Waals surface area contributed by atoms with Gasteiger partial charge in [-0.25, -0.2) is 4.39 Å². The van der Waals surface area contributed by atoms with Gasteiger partial charge in [-0.2, -0.15) is 0 Å². The first kappa shape index (κ1) is 20.5. The fraction of sp³-hybridized carbons (Fsp3) is 0.625. The van der Waals surface area contributed by atoms with Crippen molar-refractivity contribution in [1.29, 1.82) is 0 Å². The first-order chi connectivity index (χ1) is 10.9. The predicted octanol–water partition coefficient (Wildman–Crippen LogP) is 3.53. The van der Waals surface area contributed by atoms with Gasteiger partial charge < -0.3 is 14.3 Å². The molecule has 2 atom stereocenters. The van der Waals surface area contributed by atoms with Gasteiger partial charge in [-0.1, -0.05) is 20.8 Å². The molecule has 1 rings (SSSR count). The van der Waals surface area contributed by atoms with Gasteiger partial charge in [0.25, 0.3) is 6.04 Å². The Morgan fingerprint density at radius 2 is 1.96 bits per heavy atom. The van der Waals surface area contributed by atoms with E-state index in [-0.39, 0.29) is 23.0 Å². The molecule has 0 aliphatic rings. The Hall–Kier alpha value is -1.51. The van der Waals surface area contributed by atoms with E-state index in [1.54, 1.807) is 0 Å². The van der Waals surface area contributed by atoms with Crippen LogP contribution in [0.3, 0.4) is 0 Å². The van der Waals surface area contributed by atoms with Gasteiger partial charge in [0.15, 0.2) is 14.4 Å². The Kier molecular flexibility index (Phi) is 6.49. The Morgan fingerprint density at radius 3 is 2.42 bits per heavy atom. The lowest BCUT2D eigenvalue weighted by Crippen LogP contribution is -2.45. The second-order valence-electron chi connectivity index (χ2n) is 7.26. The second kappa shape index (κ2) is 7.58. The number of rotatable bonds is 7. The summed E-state index contributed by atoms with van der Waals surface area (Å²) >= 11 is 0. The van der Waals surface area contributed by atoms with Crippen LogP contribution in [0.25, 0.3) is 0 Å². The largest absolute Gasteiger partial charge is 0.496 e. The minimum absolute atomic E-state index is 0.0398. The van der Waals surface area contributed by atoms with Crippen molar-refractivity contribution < 1.29 is 23.6 Å². The number of ether oxygens (including phenoxy) is 1. The monoisotopic (exact) mass is 359 g/mol. The maximum absolute atomic E-state index is 13.5. The van der Waals surface area contributed by atoms with E-state index < -0.39 is 31.2 Å². The standard InChI is InChI=1S/C16H26FNO5Si/c1-16(2,3)24(5,6)23-10-13(18(20)21)15(19)12-9-11(17)7-8-14(12)22-4/h7-9,13,15,19H,10H2,1-6H3/t13-,15+/m1/s1. The number of halogens is 1. The van der Waals surface area contributed by atoms with Crippen LogP contribution in [-0.4, -0.2) is 38.1 Å². The summed E-state index contributed by atoms with van der Waals surface area (Å²) in [5.41, 5.74) is 0.0398. The van der Waals surface area contributed by atoms with Gasteiger partial charge >= 0.3 is 0 Å². The molecule has 6 nitrogen and oxygen atoms in total. The van der Waals surface area contributed by atoms with E-state index >= 15 is 0 Å². The summed E-state index contributed by atoms with van der Waals surface area (Å²) in [6, 6.07) is 2.14. The molecule has 0 radical (unpaired) electrons. The Balaban J connectivity index is 3.05. The molecular weight excluding hydrogens is 333 g/mol. The van der Waals surface area contributed by atoms with Crippen molar-refractivity contribution in [3.05, 3.63) is 39.7 Å². The minimum atomic E-state index is -2.21. The quantitative estimate of drug-likeness (QED) is 0.457. The molecule has 24 heavy (non-hydrogen) atoms. The highest BCUT2D eigenvalue weighted by Crippen LogP contribution is 2.37. The molecule has 1 aromatic carbocycles. The lowest BCUT2D eigenvalue weighted by molar-refractivity contribution is -0.538. The predicted molar refractivity (Wildman–Crippen MR) is 91.8 cm³/mol. The molecule has 1 N–H and O–H groups in total. The molecule has 8 heteroatoms. The molecule has 136 valence electrons. The van der Waals surface area contributed by atoms with Gasteiger partial charge in [-0.15, -0.1) is 0 Å².